The molecular formula is C17H22N2O. The third kappa shape index (κ3) is 3.65. The molecule has 106 valence electrons. The molecule has 0 aliphatic rings. The maximum absolute atomic E-state index is 10.4. The average Bonchev–Trinajstić information content (AvgIpc) is 2.46. The second kappa shape index (κ2) is 6.64. The fraction of sp³-hybridized carbons (Fsp3) is 0.353. The van der Waals surface area contributed by atoms with Gasteiger partial charge in [0.05, 0.1) is 11.8 Å². The molecule has 0 aliphatic heterocycles. The number of pyridine rings is 1. The second-order valence-electron chi connectivity index (χ2n) is 5.28. The maximum atomic E-state index is 10.4. The van der Waals surface area contributed by atoms with E-state index in [1.54, 1.807) is 0 Å². The van der Waals surface area contributed by atoms with Crippen LogP contribution in [0.15, 0.2) is 48.5 Å². The molecular weight excluding hydrogens is 248 g/mol. The van der Waals surface area contributed by atoms with Crippen LogP contribution in [-0.4, -0.2) is 28.1 Å². The van der Waals surface area contributed by atoms with E-state index in [0.29, 0.717) is 0 Å². The molecule has 3 heteroatoms. The van der Waals surface area contributed by atoms with Gasteiger partial charge in [-0.25, -0.2) is 0 Å². The molecule has 0 fully saturated rings. The first-order valence-corrected chi connectivity index (χ1v) is 6.93. The smallest absolute Gasteiger partial charge is 0.0942 e. The zero-order valence-corrected chi connectivity index (χ0v) is 12.3. The summed E-state index contributed by atoms with van der Waals surface area (Å²) in [7, 11) is 2.01. The fourth-order valence-corrected chi connectivity index (χ4v) is 2.26. The van der Waals surface area contributed by atoms with Crippen molar-refractivity contribution in [2.45, 2.75) is 32.5 Å². The molecule has 3 nitrogen and oxygen atoms in total. The maximum Gasteiger partial charge on any atom is 0.0942 e. The van der Waals surface area contributed by atoms with E-state index in [0.717, 1.165) is 23.5 Å². The van der Waals surface area contributed by atoms with Crippen molar-refractivity contribution in [3.8, 4) is 0 Å². The summed E-state index contributed by atoms with van der Waals surface area (Å²) in [5.74, 6) is 0. The second-order valence-corrected chi connectivity index (χ2v) is 5.28. The lowest BCUT2D eigenvalue weighted by molar-refractivity contribution is 0.0682. The van der Waals surface area contributed by atoms with Crippen LogP contribution in [0.3, 0.4) is 0 Å². The Hall–Kier alpha value is -1.71. The molecule has 2 aromatic rings. The molecule has 1 aromatic heterocycles. The first-order valence-electron chi connectivity index (χ1n) is 6.93. The van der Waals surface area contributed by atoms with Crippen molar-refractivity contribution in [3.63, 3.8) is 0 Å². The minimum atomic E-state index is -0.494. The number of aromatic nitrogens is 1. The Morgan fingerprint density at radius 2 is 1.80 bits per heavy atom. The molecule has 0 saturated carbocycles. The fourth-order valence-electron chi connectivity index (χ4n) is 2.26. The van der Waals surface area contributed by atoms with Crippen LogP contribution in [0, 0.1) is 6.92 Å². The lowest BCUT2D eigenvalue weighted by Gasteiger charge is -2.29. The van der Waals surface area contributed by atoms with Crippen LogP contribution in [0.25, 0.3) is 0 Å². The van der Waals surface area contributed by atoms with Crippen LogP contribution in [0.4, 0.5) is 0 Å². The SMILES string of the molecule is Cc1cccc(CN(C)C(C)C(O)c2ccccc2)n1. The van der Waals surface area contributed by atoms with Gasteiger partial charge in [0.25, 0.3) is 0 Å². The molecule has 0 aliphatic carbocycles. The molecule has 2 rings (SSSR count). The van der Waals surface area contributed by atoms with E-state index in [2.05, 4.69) is 9.88 Å². The largest absolute Gasteiger partial charge is 0.387 e. The van der Waals surface area contributed by atoms with Gasteiger partial charge in [0.15, 0.2) is 0 Å². The van der Waals surface area contributed by atoms with Crippen molar-refractivity contribution in [2.24, 2.45) is 0 Å². The van der Waals surface area contributed by atoms with Crippen LogP contribution in [0.5, 0.6) is 0 Å². The van der Waals surface area contributed by atoms with Crippen LogP contribution >= 0.6 is 0 Å². The van der Waals surface area contributed by atoms with Gasteiger partial charge in [-0.05, 0) is 38.6 Å². The zero-order chi connectivity index (χ0) is 14.5. The van der Waals surface area contributed by atoms with Crippen LogP contribution in [0.2, 0.25) is 0 Å². The quantitative estimate of drug-likeness (QED) is 0.907. The van der Waals surface area contributed by atoms with Gasteiger partial charge in [-0.1, -0.05) is 36.4 Å². The van der Waals surface area contributed by atoms with Crippen molar-refractivity contribution < 1.29 is 5.11 Å². The van der Waals surface area contributed by atoms with Gasteiger partial charge in [-0.2, -0.15) is 0 Å². The highest BCUT2D eigenvalue weighted by atomic mass is 16.3. The first kappa shape index (κ1) is 14.7. The number of hydrogen-bond acceptors (Lipinski definition) is 3. The standard InChI is InChI=1S/C17H22N2O/c1-13-8-7-11-16(18-13)12-19(3)14(2)17(20)15-9-5-4-6-10-15/h4-11,14,17,20H,12H2,1-3H3. The Balaban J connectivity index is 2.03. The van der Waals surface area contributed by atoms with Crippen LogP contribution < -0.4 is 0 Å². The number of aliphatic hydroxyl groups is 1. The van der Waals surface area contributed by atoms with Crippen molar-refractivity contribution in [2.75, 3.05) is 7.05 Å². The number of benzene rings is 1. The number of likely N-dealkylation sites (N-methyl/N-ethyl adjacent to an activating group) is 1. The van der Waals surface area contributed by atoms with E-state index in [1.807, 2.05) is 69.4 Å². The molecule has 2 atom stereocenters. The monoisotopic (exact) mass is 270 g/mol. The molecule has 0 spiro atoms. The summed E-state index contributed by atoms with van der Waals surface area (Å²) in [5.41, 5.74) is 3.00. The number of aryl methyl sites for hydroxylation is 1. The Morgan fingerprint density at radius 3 is 2.45 bits per heavy atom. The van der Waals surface area contributed by atoms with Gasteiger partial charge in [0, 0.05) is 18.3 Å². The van der Waals surface area contributed by atoms with Crippen molar-refractivity contribution in [3.05, 3.63) is 65.5 Å². The number of rotatable bonds is 5. The summed E-state index contributed by atoms with van der Waals surface area (Å²) in [6, 6.07) is 15.8. The summed E-state index contributed by atoms with van der Waals surface area (Å²) in [5, 5.41) is 10.4. The summed E-state index contributed by atoms with van der Waals surface area (Å²) < 4.78 is 0. The Labute approximate surface area is 120 Å². The molecule has 2 unspecified atom stereocenters. The third-order valence-electron chi connectivity index (χ3n) is 3.65. The predicted molar refractivity (Wildman–Crippen MR) is 81.3 cm³/mol. The van der Waals surface area contributed by atoms with Crippen LogP contribution in [0.1, 0.15) is 30.0 Å². The van der Waals surface area contributed by atoms with E-state index < -0.39 is 6.10 Å². The van der Waals surface area contributed by atoms with E-state index >= 15 is 0 Å². The van der Waals surface area contributed by atoms with E-state index in [4.69, 9.17) is 0 Å². The minimum absolute atomic E-state index is 0.0275. The first-order chi connectivity index (χ1) is 9.58. The van der Waals surface area contributed by atoms with Crippen molar-refractivity contribution in [1.82, 2.24) is 9.88 Å². The summed E-state index contributed by atoms with van der Waals surface area (Å²) in [4.78, 5) is 6.63. The van der Waals surface area contributed by atoms with Gasteiger partial charge in [-0.3, -0.25) is 9.88 Å². The van der Waals surface area contributed by atoms with Crippen LogP contribution in [-0.2, 0) is 6.54 Å². The van der Waals surface area contributed by atoms with Gasteiger partial charge >= 0.3 is 0 Å². The van der Waals surface area contributed by atoms with Gasteiger partial charge in [0.1, 0.15) is 0 Å². The Bertz CT molecular complexity index is 542. The number of aliphatic hydroxyl groups excluding tert-OH is 1. The molecule has 0 saturated heterocycles. The molecule has 1 heterocycles. The topological polar surface area (TPSA) is 36.4 Å². The lowest BCUT2D eigenvalue weighted by atomic mass is 10.0. The molecule has 0 radical (unpaired) electrons. The Kier molecular flexibility index (Phi) is 4.88. The third-order valence-corrected chi connectivity index (χ3v) is 3.65. The lowest BCUT2D eigenvalue weighted by Crippen LogP contribution is -2.34. The highest BCUT2D eigenvalue weighted by Crippen LogP contribution is 2.20. The summed E-state index contributed by atoms with van der Waals surface area (Å²) in [6.07, 6.45) is -0.494. The molecule has 1 N–H and O–H groups in total. The molecule has 1 aromatic carbocycles. The van der Waals surface area contributed by atoms with Gasteiger partial charge in [0.2, 0.25) is 0 Å². The van der Waals surface area contributed by atoms with Gasteiger partial charge < -0.3 is 5.11 Å². The number of hydrogen-bond donors (Lipinski definition) is 1. The van der Waals surface area contributed by atoms with E-state index in [1.165, 1.54) is 0 Å². The highest BCUT2D eigenvalue weighted by Gasteiger charge is 2.20. The van der Waals surface area contributed by atoms with Gasteiger partial charge in [-0.15, -0.1) is 0 Å². The molecule has 0 amide bonds. The minimum Gasteiger partial charge on any atom is -0.387 e. The van der Waals surface area contributed by atoms with Crippen molar-refractivity contribution >= 4 is 0 Å². The molecule has 20 heavy (non-hydrogen) atoms. The van der Waals surface area contributed by atoms with E-state index in [-0.39, 0.29) is 6.04 Å². The van der Waals surface area contributed by atoms with E-state index in [9.17, 15) is 5.11 Å². The summed E-state index contributed by atoms with van der Waals surface area (Å²) >= 11 is 0. The normalized spacial score (nSPS) is 14.2. The predicted octanol–water partition coefficient (Wildman–Crippen LogP) is 2.94. The molecule has 0 bridgehead atoms. The van der Waals surface area contributed by atoms with Crippen molar-refractivity contribution in [1.29, 1.82) is 0 Å². The average molecular weight is 270 g/mol. The zero-order valence-electron chi connectivity index (χ0n) is 12.3. The summed E-state index contributed by atoms with van der Waals surface area (Å²) in [6.45, 7) is 4.76. The number of nitrogens with zero attached hydrogens (tertiary/aromatic N) is 2. The Morgan fingerprint density at radius 1 is 1.10 bits per heavy atom. The highest BCUT2D eigenvalue weighted by molar-refractivity contribution is 5.18.